The van der Waals surface area contributed by atoms with Crippen LogP contribution in [0.3, 0.4) is 0 Å². The van der Waals surface area contributed by atoms with Gasteiger partial charge >= 0.3 is 0 Å². The van der Waals surface area contributed by atoms with Crippen LogP contribution in [0.5, 0.6) is 0 Å². The lowest BCUT2D eigenvalue weighted by atomic mass is 10.3. The number of allylic oxidation sites excluding steroid dienone is 2. The number of anilines is 1. The standard InChI is InChI=1S/C14H16N6S2/c1-9(2)4-3-6-20-12-10(11(15)17-8-18-12)19-13(20)22-14-16-5-7-21-14/h4-5,7-8H,3,6H2,1-2H3,(H2,15,17,18). The van der Waals surface area contributed by atoms with Crippen molar-refractivity contribution < 1.29 is 0 Å². The van der Waals surface area contributed by atoms with Crippen molar-refractivity contribution in [2.45, 2.75) is 36.3 Å². The molecule has 3 aromatic heterocycles. The number of hydrogen-bond donors (Lipinski definition) is 1. The van der Waals surface area contributed by atoms with Crippen LogP contribution in [0.4, 0.5) is 5.82 Å². The van der Waals surface area contributed by atoms with Crippen molar-refractivity contribution in [3.63, 3.8) is 0 Å². The summed E-state index contributed by atoms with van der Waals surface area (Å²) in [6, 6.07) is 0. The van der Waals surface area contributed by atoms with Gasteiger partial charge in [-0.05, 0) is 32.0 Å². The molecule has 0 aliphatic heterocycles. The summed E-state index contributed by atoms with van der Waals surface area (Å²) < 4.78 is 3.03. The number of nitrogens with zero attached hydrogens (tertiary/aromatic N) is 5. The fourth-order valence-corrected chi connectivity index (χ4v) is 3.67. The van der Waals surface area contributed by atoms with Crippen molar-refractivity contribution in [1.29, 1.82) is 0 Å². The van der Waals surface area contributed by atoms with Crippen LogP contribution < -0.4 is 5.73 Å². The van der Waals surface area contributed by atoms with Gasteiger partial charge in [-0.2, -0.15) is 0 Å². The molecule has 8 heteroatoms. The lowest BCUT2D eigenvalue weighted by Gasteiger charge is -2.05. The highest BCUT2D eigenvalue weighted by molar-refractivity contribution is 8.00. The van der Waals surface area contributed by atoms with E-state index in [1.807, 2.05) is 5.38 Å². The first-order valence-electron chi connectivity index (χ1n) is 6.82. The number of thiazole rings is 1. The summed E-state index contributed by atoms with van der Waals surface area (Å²) in [5, 5.41) is 2.80. The van der Waals surface area contributed by atoms with E-state index in [0.717, 1.165) is 28.1 Å². The van der Waals surface area contributed by atoms with E-state index in [4.69, 9.17) is 5.73 Å². The number of fused-ring (bicyclic) bond motifs is 1. The molecule has 0 saturated carbocycles. The monoisotopic (exact) mass is 332 g/mol. The highest BCUT2D eigenvalue weighted by atomic mass is 32.2. The maximum absolute atomic E-state index is 5.93. The molecule has 0 fully saturated rings. The van der Waals surface area contributed by atoms with Crippen molar-refractivity contribution in [3.8, 4) is 0 Å². The number of imidazole rings is 1. The third kappa shape index (κ3) is 3.12. The predicted molar refractivity (Wildman–Crippen MR) is 90.0 cm³/mol. The summed E-state index contributed by atoms with van der Waals surface area (Å²) in [5.41, 5.74) is 8.65. The van der Waals surface area contributed by atoms with Crippen LogP contribution in [-0.2, 0) is 6.54 Å². The number of rotatable bonds is 5. The Balaban J connectivity index is 2.00. The summed E-state index contributed by atoms with van der Waals surface area (Å²) in [6.45, 7) is 4.99. The van der Waals surface area contributed by atoms with Gasteiger partial charge in [-0.25, -0.2) is 19.9 Å². The largest absolute Gasteiger partial charge is 0.382 e. The Kier molecular flexibility index (Phi) is 4.39. The van der Waals surface area contributed by atoms with E-state index in [1.54, 1.807) is 17.5 Å². The molecule has 3 rings (SSSR count). The molecule has 3 aromatic rings. The third-order valence-corrected chi connectivity index (χ3v) is 4.90. The topological polar surface area (TPSA) is 82.5 Å². The lowest BCUT2D eigenvalue weighted by Crippen LogP contribution is -2.01. The van der Waals surface area contributed by atoms with Gasteiger partial charge in [-0.15, -0.1) is 11.3 Å². The van der Waals surface area contributed by atoms with E-state index in [9.17, 15) is 0 Å². The van der Waals surface area contributed by atoms with Gasteiger partial charge in [0, 0.05) is 18.1 Å². The number of nitrogens with two attached hydrogens (primary N) is 1. The molecule has 0 amide bonds. The zero-order valence-electron chi connectivity index (χ0n) is 12.4. The molecule has 114 valence electrons. The van der Waals surface area contributed by atoms with Crippen LogP contribution in [0.1, 0.15) is 20.3 Å². The SMILES string of the molecule is CC(C)=CCCn1c(Sc2nccs2)nc2c(N)ncnc21. The smallest absolute Gasteiger partial charge is 0.177 e. The molecule has 0 aliphatic carbocycles. The minimum absolute atomic E-state index is 0.409. The minimum Gasteiger partial charge on any atom is -0.382 e. The highest BCUT2D eigenvalue weighted by Gasteiger charge is 2.16. The molecule has 0 saturated heterocycles. The molecule has 0 unspecified atom stereocenters. The first-order valence-corrected chi connectivity index (χ1v) is 8.52. The zero-order chi connectivity index (χ0) is 15.5. The van der Waals surface area contributed by atoms with Gasteiger partial charge in [0.2, 0.25) is 0 Å². The number of nitrogen functional groups attached to an aromatic ring is 1. The van der Waals surface area contributed by atoms with E-state index in [2.05, 4.69) is 44.4 Å². The molecule has 6 nitrogen and oxygen atoms in total. The van der Waals surface area contributed by atoms with Gasteiger partial charge in [0.05, 0.1) is 0 Å². The van der Waals surface area contributed by atoms with Gasteiger partial charge in [-0.3, -0.25) is 0 Å². The second-order valence-electron chi connectivity index (χ2n) is 4.95. The lowest BCUT2D eigenvalue weighted by molar-refractivity contribution is 0.655. The van der Waals surface area contributed by atoms with Gasteiger partial charge in [0.15, 0.2) is 26.5 Å². The minimum atomic E-state index is 0.409. The van der Waals surface area contributed by atoms with Crippen molar-refractivity contribution in [2.24, 2.45) is 0 Å². The molecule has 22 heavy (non-hydrogen) atoms. The molecule has 0 aliphatic rings. The third-order valence-electron chi connectivity index (χ3n) is 3.02. The number of aryl methyl sites for hydroxylation is 1. The fraction of sp³-hybridized carbons (Fsp3) is 0.286. The summed E-state index contributed by atoms with van der Waals surface area (Å²) >= 11 is 3.12. The Morgan fingerprint density at radius 3 is 2.95 bits per heavy atom. The molecule has 0 aromatic carbocycles. The second-order valence-corrected chi connectivity index (χ2v) is 7.06. The van der Waals surface area contributed by atoms with Gasteiger partial charge < -0.3 is 10.3 Å². The number of aromatic nitrogens is 5. The van der Waals surface area contributed by atoms with Crippen molar-refractivity contribution in [1.82, 2.24) is 24.5 Å². The van der Waals surface area contributed by atoms with Gasteiger partial charge in [0.1, 0.15) is 6.33 Å². The van der Waals surface area contributed by atoms with E-state index >= 15 is 0 Å². The van der Waals surface area contributed by atoms with E-state index in [0.29, 0.717) is 11.3 Å². The van der Waals surface area contributed by atoms with E-state index in [1.165, 1.54) is 23.7 Å². The van der Waals surface area contributed by atoms with Gasteiger partial charge in [0.25, 0.3) is 0 Å². The van der Waals surface area contributed by atoms with Crippen molar-refractivity contribution >= 4 is 40.1 Å². The number of hydrogen-bond acceptors (Lipinski definition) is 7. The molecule has 2 N–H and O–H groups in total. The molecule has 0 bridgehead atoms. The summed E-state index contributed by atoms with van der Waals surface area (Å²) in [5.74, 6) is 0.409. The average molecular weight is 332 g/mol. The maximum atomic E-state index is 5.93. The summed E-state index contributed by atoms with van der Waals surface area (Å²) in [4.78, 5) is 17.3. The Bertz CT molecular complexity index is 802. The highest BCUT2D eigenvalue weighted by Crippen LogP contribution is 2.31. The molecule has 0 radical (unpaired) electrons. The molecule has 3 heterocycles. The summed E-state index contributed by atoms with van der Waals surface area (Å²) in [7, 11) is 0. The fourth-order valence-electron chi connectivity index (χ4n) is 2.03. The normalized spacial score (nSPS) is 11.0. The molecule has 0 spiro atoms. The zero-order valence-corrected chi connectivity index (χ0v) is 14.0. The van der Waals surface area contributed by atoms with Crippen LogP contribution >= 0.6 is 23.1 Å². The molecule has 0 atom stereocenters. The van der Waals surface area contributed by atoms with E-state index < -0.39 is 0 Å². The van der Waals surface area contributed by atoms with Crippen molar-refractivity contribution in [2.75, 3.05) is 5.73 Å². The van der Waals surface area contributed by atoms with E-state index in [-0.39, 0.29) is 0 Å². The molecular weight excluding hydrogens is 316 g/mol. The van der Waals surface area contributed by atoms with Crippen LogP contribution in [-0.4, -0.2) is 24.5 Å². The van der Waals surface area contributed by atoms with Crippen LogP contribution in [0.25, 0.3) is 11.2 Å². The van der Waals surface area contributed by atoms with Crippen LogP contribution in [0.15, 0.2) is 39.0 Å². The molecular formula is C14H16N6S2. The van der Waals surface area contributed by atoms with Crippen LogP contribution in [0.2, 0.25) is 0 Å². The first kappa shape index (κ1) is 15.0. The average Bonchev–Trinajstić information content (AvgIpc) is 3.09. The maximum Gasteiger partial charge on any atom is 0.177 e. The summed E-state index contributed by atoms with van der Waals surface area (Å²) in [6.07, 6.45) is 6.39. The van der Waals surface area contributed by atoms with Gasteiger partial charge in [-0.1, -0.05) is 11.6 Å². The quantitative estimate of drug-likeness (QED) is 0.721. The second kappa shape index (κ2) is 6.45. The Labute approximate surface area is 136 Å². The Hall–Kier alpha value is -1.93. The van der Waals surface area contributed by atoms with Crippen molar-refractivity contribution in [3.05, 3.63) is 29.6 Å². The predicted octanol–water partition coefficient (Wildman–Crippen LogP) is 3.37. The first-order chi connectivity index (χ1) is 10.6. The van der Waals surface area contributed by atoms with Crippen LogP contribution in [0, 0.1) is 0 Å². The Morgan fingerprint density at radius 1 is 1.36 bits per heavy atom. The Morgan fingerprint density at radius 2 is 2.23 bits per heavy atom.